The molecule has 0 atom stereocenters. The van der Waals surface area contributed by atoms with Crippen LogP contribution in [0.4, 0.5) is 28.4 Å². The van der Waals surface area contributed by atoms with Gasteiger partial charge < -0.3 is 22.5 Å². The van der Waals surface area contributed by atoms with Crippen LogP contribution in [0.5, 0.6) is 0 Å². The third-order valence-corrected chi connectivity index (χ3v) is 2.48. The molecule has 0 radical (unpaired) electrons. The number of nitrogens with two attached hydrogens (primary N) is 3. The Morgan fingerprint density at radius 3 is 2.24 bits per heavy atom. The summed E-state index contributed by atoms with van der Waals surface area (Å²) in [4.78, 5) is 0. The number of anilines is 5. The van der Waals surface area contributed by atoms with Crippen LogP contribution < -0.4 is 22.5 Å². The molecule has 0 amide bonds. The molecule has 0 bridgehead atoms. The summed E-state index contributed by atoms with van der Waals surface area (Å²) >= 11 is 0. The second-order valence-corrected chi connectivity index (χ2v) is 4.10. The number of nitrogen functional groups attached to an aromatic ring is 3. The van der Waals surface area contributed by atoms with E-state index in [9.17, 15) is 0 Å². The topological polar surface area (TPSA) is 90.1 Å². The number of aryl methyl sites for hydroxylation is 1. The standard InChI is InChI=1S/C13H16N4/c1-8-4-9(14)6-11(5-8)17-10-2-3-12(15)13(16)7-10/h2-7,17H,14-16H2,1H3. The van der Waals surface area contributed by atoms with Crippen LogP contribution in [0.2, 0.25) is 0 Å². The molecule has 2 aromatic rings. The molecule has 4 nitrogen and oxygen atoms in total. The molecule has 2 rings (SSSR count). The largest absolute Gasteiger partial charge is 0.399 e. The Kier molecular flexibility index (Phi) is 2.78. The molecule has 2 aromatic carbocycles. The Hall–Kier alpha value is -2.36. The van der Waals surface area contributed by atoms with Gasteiger partial charge in [-0.2, -0.15) is 0 Å². The van der Waals surface area contributed by atoms with Crippen molar-refractivity contribution in [3.8, 4) is 0 Å². The van der Waals surface area contributed by atoms with Crippen LogP contribution in [0.1, 0.15) is 5.56 Å². The first-order valence-electron chi connectivity index (χ1n) is 5.34. The van der Waals surface area contributed by atoms with Gasteiger partial charge in [0, 0.05) is 17.1 Å². The van der Waals surface area contributed by atoms with Crippen molar-refractivity contribution in [3.63, 3.8) is 0 Å². The molecular formula is C13H16N4. The van der Waals surface area contributed by atoms with E-state index < -0.39 is 0 Å². The first-order chi connectivity index (χ1) is 8.04. The molecule has 17 heavy (non-hydrogen) atoms. The van der Waals surface area contributed by atoms with Crippen molar-refractivity contribution in [1.29, 1.82) is 0 Å². The molecule has 0 saturated carbocycles. The lowest BCUT2D eigenvalue weighted by Crippen LogP contribution is -1.97. The summed E-state index contributed by atoms with van der Waals surface area (Å²) in [6.07, 6.45) is 0. The van der Waals surface area contributed by atoms with E-state index in [1.54, 1.807) is 12.1 Å². The van der Waals surface area contributed by atoms with Gasteiger partial charge in [-0.05, 0) is 48.9 Å². The Bertz CT molecular complexity index is 529. The zero-order valence-electron chi connectivity index (χ0n) is 9.70. The molecule has 0 aromatic heterocycles. The van der Waals surface area contributed by atoms with E-state index in [-0.39, 0.29) is 0 Å². The summed E-state index contributed by atoms with van der Waals surface area (Å²) in [6, 6.07) is 11.3. The Balaban J connectivity index is 2.28. The lowest BCUT2D eigenvalue weighted by molar-refractivity contribution is 1.45. The summed E-state index contributed by atoms with van der Waals surface area (Å²) in [7, 11) is 0. The van der Waals surface area contributed by atoms with E-state index in [0.29, 0.717) is 11.4 Å². The smallest absolute Gasteiger partial charge is 0.0568 e. The first-order valence-corrected chi connectivity index (χ1v) is 5.34. The number of rotatable bonds is 2. The lowest BCUT2D eigenvalue weighted by atomic mass is 10.2. The van der Waals surface area contributed by atoms with Gasteiger partial charge in [-0.15, -0.1) is 0 Å². The summed E-state index contributed by atoms with van der Waals surface area (Å²) in [5, 5.41) is 3.24. The van der Waals surface area contributed by atoms with Crippen molar-refractivity contribution in [2.75, 3.05) is 22.5 Å². The molecule has 0 unspecified atom stereocenters. The highest BCUT2D eigenvalue weighted by Gasteiger charge is 2.00. The van der Waals surface area contributed by atoms with E-state index in [4.69, 9.17) is 17.2 Å². The Morgan fingerprint density at radius 2 is 1.59 bits per heavy atom. The first kappa shape index (κ1) is 11.1. The number of benzene rings is 2. The SMILES string of the molecule is Cc1cc(N)cc(Nc2ccc(N)c(N)c2)c1. The van der Waals surface area contributed by atoms with Crippen LogP contribution in [-0.4, -0.2) is 0 Å². The fourth-order valence-electron chi connectivity index (χ4n) is 1.70. The molecule has 0 aliphatic rings. The van der Waals surface area contributed by atoms with Crippen molar-refractivity contribution in [3.05, 3.63) is 42.0 Å². The average Bonchev–Trinajstić information content (AvgIpc) is 2.22. The lowest BCUT2D eigenvalue weighted by Gasteiger charge is -2.10. The van der Waals surface area contributed by atoms with E-state index in [1.807, 2.05) is 31.2 Å². The molecule has 0 heterocycles. The minimum atomic E-state index is 0.565. The predicted molar refractivity (Wildman–Crippen MR) is 74.1 cm³/mol. The number of nitrogens with one attached hydrogen (secondary N) is 1. The van der Waals surface area contributed by atoms with Gasteiger partial charge in [-0.25, -0.2) is 0 Å². The van der Waals surface area contributed by atoms with Crippen LogP contribution in [0.15, 0.2) is 36.4 Å². The summed E-state index contributed by atoms with van der Waals surface area (Å²) in [5.41, 5.74) is 22.0. The fraction of sp³-hybridized carbons (Fsp3) is 0.0769. The average molecular weight is 228 g/mol. The minimum Gasteiger partial charge on any atom is -0.399 e. The zero-order valence-corrected chi connectivity index (χ0v) is 9.70. The van der Waals surface area contributed by atoms with Gasteiger partial charge in [0.15, 0.2) is 0 Å². The van der Waals surface area contributed by atoms with Crippen molar-refractivity contribution in [2.45, 2.75) is 6.92 Å². The highest BCUT2D eigenvalue weighted by molar-refractivity contribution is 5.73. The Labute approximate surface area is 100 Å². The van der Waals surface area contributed by atoms with E-state index in [0.717, 1.165) is 22.6 Å². The normalized spacial score (nSPS) is 10.2. The summed E-state index contributed by atoms with van der Waals surface area (Å²) in [6.45, 7) is 2.00. The van der Waals surface area contributed by atoms with E-state index in [2.05, 4.69) is 5.32 Å². The molecule has 0 spiro atoms. The van der Waals surface area contributed by atoms with Gasteiger partial charge in [0.25, 0.3) is 0 Å². The van der Waals surface area contributed by atoms with Crippen LogP contribution in [0.25, 0.3) is 0 Å². The van der Waals surface area contributed by atoms with Crippen LogP contribution in [-0.2, 0) is 0 Å². The third-order valence-electron chi connectivity index (χ3n) is 2.48. The third kappa shape index (κ3) is 2.60. The molecule has 0 aliphatic carbocycles. The summed E-state index contributed by atoms with van der Waals surface area (Å²) in [5.74, 6) is 0. The maximum Gasteiger partial charge on any atom is 0.0568 e. The monoisotopic (exact) mass is 228 g/mol. The summed E-state index contributed by atoms with van der Waals surface area (Å²) < 4.78 is 0. The van der Waals surface area contributed by atoms with Crippen LogP contribution in [0.3, 0.4) is 0 Å². The van der Waals surface area contributed by atoms with Crippen molar-refractivity contribution in [1.82, 2.24) is 0 Å². The second-order valence-electron chi connectivity index (χ2n) is 4.10. The van der Waals surface area contributed by atoms with Gasteiger partial charge in [0.05, 0.1) is 11.4 Å². The fourth-order valence-corrected chi connectivity index (χ4v) is 1.70. The minimum absolute atomic E-state index is 0.565. The predicted octanol–water partition coefficient (Wildman–Crippen LogP) is 2.49. The maximum atomic E-state index is 5.78. The van der Waals surface area contributed by atoms with Gasteiger partial charge in [-0.3, -0.25) is 0 Å². The highest BCUT2D eigenvalue weighted by Crippen LogP contribution is 2.24. The van der Waals surface area contributed by atoms with Crippen LogP contribution >= 0.6 is 0 Å². The Morgan fingerprint density at radius 1 is 0.824 bits per heavy atom. The van der Waals surface area contributed by atoms with E-state index >= 15 is 0 Å². The van der Waals surface area contributed by atoms with Gasteiger partial charge >= 0.3 is 0 Å². The molecule has 4 heteroatoms. The van der Waals surface area contributed by atoms with Crippen LogP contribution in [0, 0.1) is 6.92 Å². The molecule has 0 fully saturated rings. The van der Waals surface area contributed by atoms with Gasteiger partial charge in [0.2, 0.25) is 0 Å². The number of hydrogen-bond donors (Lipinski definition) is 4. The zero-order chi connectivity index (χ0) is 12.4. The van der Waals surface area contributed by atoms with Crippen molar-refractivity contribution >= 4 is 28.4 Å². The van der Waals surface area contributed by atoms with Gasteiger partial charge in [-0.1, -0.05) is 0 Å². The molecule has 7 N–H and O–H groups in total. The molecule has 0 saturated heterocycles. The quantitative estimate of drug-likeness (QED) is 0.594. The number of hydrogen-bond acceptors (Lipinski definition) is 4. The highest BCUT2D eigenvalue weighted by atomic mass is 14.9. The molecule has 88 valence electrons. The van der Waals surface area contributed by atoms with Gasteiger partial charge in [0.1, 0.15) is 0 Å². The molecular weight excluding hydrogens is 212 g/mol. The van der Waals surface area contributed by atoms with Crippen molar-refractivity contribution in [2.24, 2.45) is 0 Å². The second kappa shape index (κ2) is 4.25. The van der Waals surface area contributed by atoms with Crippen molar-refractivity contribution < 1.29 is 0 Å². The maximum absolute atomic E-state index is 5.78. The molecule has 0 aliphatic heterocycles. The van der Waals surface area contributed by atoms with E-state index in [1.165, 1.54) is 0 Å².